The minimum Gasteiger partial charge on any atom is -0.309 e. The Bertz CT molecular complexity index is 586. The highest BCUT2D eigenvalue weighted by Crippen LogP contribution is 2.46. The zero-order valence-electron chi connectivity index (χ0n) is 9.12. The predicted octanol–water partition coefficient (Wildman–Crippen LogP) is 3.47. The highest BCUT2D eigenvalue weighted by atomic mass is 79.9. The quantitative estimate of drug-likeness (QED) is 0.755. The second-order valence-electron chi connectivity index (χ2n) is 4.42. The van der Waals surface area contributed by atoms with Crippen LogP contribution in [0.5, 0.6) is 0 Å². The monoisotopic (exact) mass is 301 g/mol. The van der Waals surface area contributed by atoms with E-state index >= 15 is 0 Å². The first-order valence-electron chi connectivity index (χ1n) is 5.35. The zero-order chi connectivity index (χ0) is 12.2. The Kier molecular flexibility index (Phi) is 2.26. The van der Waals surface area contributed by atoms with Gasteiger partial charge in [-0.3, -0.25) is 0 Å². The molecule has 0 atom stereocenters. The maximum Gasteiger partial charge on any atom is 0.252 e. The Morgan fingerprint density at radius 1 is 1.35 bits per heavy atom. The van der Waals surface area contributed by atoms with Gasteiger partial charge in [0.25, 0.3) is 5.92 Å². The molecule has 1 saturated carbocycles. The van der Waals surface area contributed by atoms with Crippen molar-refractivity contribution < 1.29 is 8.78 Å². The van der Waals surface area contributed by atoms with Crippen molar-refractivity contribution in [1.82, 2.24) is 14.5 Å². The van der Waals surface area contributed by atoms with Crippen molar-refractivity contribution in [2.45, 2.75) is 31.7 Å². The lowest BCUT2D eigenvalue weighted by atomic mass is 9.88. The van der Waals surface area contributed by atoms with Gasteiger partial charge in [0.15, 0.2) is 5.65 Å². The molecule has 0 aromatic carbocycles. The zero-order valence-corrected chi connectivity index (χ0v) is 10.7. The van der Waals surface area contributed by atoms with E-state index in [1.54, 1.807) is 6.07 Å². The Balaban J connectivity index is 2.09. The van der Waals surface area contributed by atoms with Crippen molar-refractivity contribution in [3.8, 4) is 0 Å². The minimum absolute atomic E-state index is 0.118. The van der Waals surface area contributed by atoms with Crippen LogP contribution in [-0.4, -0.2) is 20.5 Å². The molecule has 0 amide bonds. The van der Waals surface area contributed by atoms with E-state index in [0.29, 0.717) is 10.3 Å². The summed E-state index contributed by atoms with van der Waals surface area (Å²) >= 11 is 3.29. The highest BCUT2D eigenvalue weighted by molar-refractivity contribution is 9.10. The van der Waals surface area contributed by atoms with Crippen molar-refractivity contribution in [1.29, 1.82) is 0 Å². The van der Waals surface area contributed by atoms with E-state index in [4.69, 9.17) is 0 Å². The topological polar surface area (TPSA) is 30.7 Å². The molecule has 3 rings (SSSR count). The number of alkyl halides is 2. The fraction of sp³-hybridized carbons (Fsp3) is 0.455. The Morgan fingerprint density at radius 2 is 2.06 bits per heavy atom. The fourth-order valence-electron chi connectivity index (χ4n) is 2.31. The molecule has 0 spiro atoms. The molecule has 3 nitrogen and oxygen atoms in total. The van der Waals surface area contributed by atoms with E-state index in [0.717, 1.165) is 11.3 Å². The molecule has 0 N–H and O–H groups in total. The number of imidazole rings is 1. The molecule has 0 radical (unpaired) electrons. The molecule has 0 aliphatic heterocycles. The Labute approximate surface area is 105 Å². The standard InChI is InChI=1S/C11H10BrF2N3/c1-6-15-8-2-3-9(12)16-10(8)17(6)7-4-11(13,14)5-7/h2-3,7H,4-5H2,1H3. The molecule has 2 heterocycles. The second kappa shape index (κ2) is 3.48. The summed E-state index contributed by atoms with van der Waals surface area (Å²) < 4.78 is 28.4. The average molecular weight is 302 g/mol. The number of halogens is 3. The van der Waals surface area contributed by atoms with E-state index in [-0.39, 0.29) is 18.9 Å². The van der Waals surface area contributed by atoms with Crippen LogP contribution >= 0.6 is 15.9 Å². The van der Waals surface area contributed by atoms with Crippen LogP contribution in [-0.2, 0) is 0 Å². The summed E-state index contributed by atoms with van der Waals surface area (Å²) in [6.45, 7) is 1.83. The molecule has 0 bridgehead atoms. The Morgan fingerprint density at radius 3 is 2.71 bits per heavy atom. The lowest BCUT2D eigenvalue weighted by molar-refractivity contribution is -0.103. The second-order valence-corrected chi connectivity index (χ2v) is 5.24. The lowest BCUT2D eigenvalue weighted by Gasteiger charge is -2.36. The smallest absolute Gasteiger partial charge is 0.252 e. The molecule has 1 aliphatic rings. The molecular weight excluding hydrogens is 292 g/mol. The van der Waals surface area contributed by atoms with Crippen LogP contribution in [0.25, 0.3) is 11.2 Å². The largest absolute Gasteiger partial charge is 0.309 e. The molecular formula is C11H10BrF2N3. The van der Waals surface area contributed by atoms with Crippen LogP contribution in [0.2, 0.25) is 0 Å². The third-order valence-corrected chi connectivity index (χ3v) is 3.55. The third kappa shape index (κ3) is 1.74. The van der Waals surface area contributed by atoms with Crippen LogP contribution in [0.1, 0.15) is 24.7 Å². The van der Waals surface area contributed by atoms with E-state index in [1.807, 2.05) is 17.6 Å². The molecule has 1 fully saturated rings. The van der Waals surface area contributed by atoms with Gasteiger partial charge in [-0.25, -0.2) is 18.7 Å². The average Bonchev–Trinajstić information content (AvgIpc) is 2.50. The number of rotatable bonds is 1. The van der Waals surface area contributed by atoms with Crippen LogP contribution in [0.4, 0.5) is 8.78 Å². The summed E-state index contributed by atoms with van der Waals surface area (Å²) in [7, 11) is 0. The third-order valence-electron chi connectivity index (χ3n) is 3.11. The van der Waals surface area contributed by atoms with Gasteiger partial charge in [-0.05, 0) is 35.0 Å². The van der Waals surface area contributed by atoms with Crippen molar-refractivity contribution in [3.05, 3.63) is 22.6 Å². The first kappa shape index (κ1) is 11.1. The molecule has 0 saturated heterocycles. The Hall–Kier alpha value is -1.04. The number of nitrogens with zero attached hydrogens (tertiary/aromatic N) is 3. The summed E-state index contributed by atoms with van der Waals surface area (Å²) in [5.41, 5.74) is 1.43. The van der Waals surface area contributed by atoms with Gasteiger partial charge in [0.05, 0.1) is 0 Å². The first-order valence-corrected chi connectivity index (χ1v) is 6.14. The van der Waals surface area contributed by atoms with Gasteiger partial charge < -0.3 is 4.57 Å². The number of hydrogen-bond acceptors (Lipinski definition) is 2. The SMILES string of the molecule is Cc1nc2ccc(Br)nc2n1C1CC(F)(F)C1. The molecule has 90 valence electrons. The van der Waals surface area contributed by atoms with Gasteiger partial charge in [-0.1, -0.05) is 0 Å². The van der Waals surface area contributed by atoms with Crippen LogP contribution in [0.15, 0.2) is 16.7 Å². The molecule has 17 heavy (non-hydrogen) atoms. The van der Waals surface area contributed by atoms with Crippen molar-refractivity contribution in [3.63, 3.8) is 0 Å². The van der Waals surface area contributed by atoms with E-state index in [9.17, 15) is 8.78 Å². The summed E-state index contributed by atoms with van der Waals surface area (Å²) in [6, 6.07) is 3.46. The van der Waals surface area contributed by atoms with Gasteiger partial charge in [-0.15, -0.1) is 0 Å². The van der Waals surface area contributed by atoms with Gasteiger partial charge in [0, 0.05) is 18.9 Å². The van der Waals surface area contributed by atoms with Crippen molar-refractivity contribution in [2.24, 2.45) is 0 Å². The predicted molar refractivity (Wildman–Crippen MR) is 63.2 cm³/mol. The molecule has 1 aliphatic carbocycles. The van der Waals surface area contributed by atoms with Crippen molar-refractivity contribution in [2.75, 3.05) is 0 Å². The molecule has 2 aromatic heterocycles. The molecule has 6 heteroatoms. The van der Waals surface area contributed by atoms with Gasteiger partial charge >= 0.3 is 0 Å². The van der Waals surface area contributed by atoms with E-state index < -0.39 is 5.92 Å². The molecule has 0 unspecified atom stereocenters. The highest BCUT2D eigenvalue weighted by Gasteiger charge is 2.47. The van der Waals surface area contributed by atoms with Gasteiger partial charge in [0.1, 0.15) is 15.9 Å². The van der Waals surface area contributed by atoms with Crippen molar-refractivity contribution >= 4 is 27.1 Å². The van der Waals surface area contributed by atoms with Gasteiger partial charge in [0.2, 0.25) is 0 Å². The maximum absolute atomic E-state index is 12.9. The van der Waals surface area contributed by atoms with Crippen LogP contribution < -0.4 is 0 Å². The minimum atomic E-state index is -2.53. The van der Waals surface area contributed by atoms with E-state index in [2.05, 4.69) is 25.9 Å². The summed E-state index contributed by atoms with van der Waals surface area (Å²) in [5.74, 6) is -1.79. The number of pyridine rings is 1. The summed E-state index contributed by atoms with van der Waals surface area (Å²) in [5, 5.41) is 0. The van der Waals surface area contributed by atoms with Crippen LogP contribution in [0, 0.1) is 6.92 Å². The number of aromatic nitrogens is 3. The first-order chi connectivity index (χ1) is 7.96. The lowest BCUT2D eigenvalue weighted by Crippen LogP contribution is -2.37. The summed E-state index contributed by atoms with van der Waals surface area (Å²) in [6.07, 6.45) is -0.235. The fourth-order valence-corrected chi connectivity index (χ4v) is 2.61. The summed E-state index contributed by atoms with van der Waals surface area (Å²) in [4.78, 5) is 8.66. The normalized spacial score (nSPS) is 19.5. The van der Waals surface area contributed by atoms with Crippen LogP contribution in [0.3, 0.4) is 0 Å². The van der Waals surface area contributed by atoms with E-state index in [1.165, 1.54) is 0 Å². The number of fused-ring (bicyclic) bond motifs is 1. The maximum atomic E-state index is 12.9. The van der Waals surface area contributed by atoms with Gasteiger partial charge in [-0.2, -0.15) is 0 Å². The number of hydrogen-bond donors (Lipinski definition) is 0. The number of aryl methyl sites for hydroxylation is 1. The molecule has 2 aromatic rings.